The summed E-state index contributed by atoms with van der Waals surface area (Å²) in [7, 11) is 0. The van der Waals surface area contributed by atoms with E-state index in [0.717, 1.165) is 13.0 Å². The standard InChI is InChI=1S/C11H10F3NO4/c1-3-19-10-7(6(2)16)4-5-8(15(17)18)9(10)11(12,13)14/h4-5H,3H2,1-2H3. The van der Waals surface area contributed by atoms with Gasteiger partial charge in [-0.3, -0.25) is 14.9 Å². The van der Waals surface area contributed by atoms with Crippen LogP contribution in [0.1, 0.15) is 29.8 Å². The van der Waals surface area contributed by atoms with E-state index in [9.17, 15) is 28.1 Å². The number of carbonyl (C=O) groups excluding carboxylic acids is 1. The Balaban J connectivity index is 3.71. The Morgan fingerprint density at radius 1 is 1.42 bits per heavy atom. The lowest BCUT2D eigenvalue weighted by Gasteiger charge is -2.15. The van der Waals surface area contributed by atoms with Gasteiger partial charge in [-0.25, -0.2) is 0 Å². The molecular formula is C11H10F3NO4. The van der Waals surface area contributed by atoms with Gasteiger partial charge in [0.15, 0.2) is 11.3 Å². The number of benzene rings is 1. The lowest BCUT2D eigenvalue weighted by molar-refractivity contribution is -0.388. The minimum absolute atomic E-state index is 0.148. The molecule has 0 aliphatic carbocycles. The Hall–Kier alpha value is -2.12. The van der Waals surface area contributed by atoms with Gasteiger partial charge in [-0.05, 0) is 19.9 Å². The quantitative estimate of drug-likeness (QED) is 0.481. The second kappa shape index (κ2) is 5.25. The molecule has 5 nitrogen and oxygen atoms in total. The van der Waals surface area contributed by atoms with Crippen LogP contribution >= 0.6 is 0 Å². The van der Waals surface area contributed by atoms with E-state index in [4.69, 9.17) is 4.74 Å². The van der Waals surface area contributed by atoms with Crippen LogP contribution in [-0.4, -0.2) is 17.3 Å². The molecule has 0 atom stereocenters. The number of ether oxygens (including phenoxy) is 1. The molecular weight excluding hydrogens is 267 g/mol. The van der Waals surface area contributed by atoms with Crippen LogP contribution in [-0.2, 0) is 6.18 Å². The number of rotatable bonds is 4. The highest BCUT2D eigenvalue weighted by Gasteiger charge is 2.43. The molecule has 0 bridgehead atoms. The third kappa shape index (κ3) is 3.01. The van der Waals surface area contributed by atoms with Gasteiger partial charge in [0, 0.05) is 6.07 Å². The molecule has 19 heavy (non-hydrogen) atoms. The van der Waals surface area contributed by atoms with Crippen LogP contribution in [0.5, 0.6) is 5.75 Å². The first-order valence-corrected chi connectivity index (χ1v) is 5.22. The fourth-order valence-corrected chi connectivity index (χ4v) is 1.57. The van der Waals surface area contributed by atoms with Crippen LogP contribution in [0.3, 0.4) is 0 Å². The van der Waals surface area contributed by atoms with Gasteiger partial charge in [0.2, 0.25) is 0 Å². The van der Waals surface area contributed by atoms with Crippen LogP contribution in [0.25, 0.3) is 0 Å². The lowest BCUT2D eigenvalue weighted by Crippen LogP contribution is -2.14. The van der Waals surface area contributed by atoms with Gasteiger partial charge in [0.1, 0.15) is 5.75 Å². The van der Waals surface area contributed by atoms with Gasteiger partial charge in [-0.1, -0.05) is 0 Å². The fraction of sp³-hybridized carbons (Fsp3) is 0.364. The number of hydrogen-bond acceptors (Lipinski definition) is 4. The minimum Gasteiger partial charge on any atom is -0.492 e. The molecule has 0 amide bonds. The molecule has 0 aliphatic rings. The summed E-state index contributed by atoms with van der Waals surface area (Å²) in [4.78, 5) is 20.8. The van der Waals surface area contributed by atoms with Crippen molar-refractivity contribution in [2.24, 2.45) is 0 Å². The predicted octanol–water partition coefficient (Wildman–Crippen LogP) is 3.21. The molecule has 1 aromatic carbocycles. The van der Waals surface area contributed by atoms with Gasteiger partial charge in [-0.15, -0.1) is 0 Å². The first-order valence-electron chi connectivity index (χ1n) is 5.22. The predicted molar refractivity (Wildman–Crippen MR) is 59.3 cm³/mol. The van der Waals surface area contributed by atoms with Crippen LogP contribution in [0.15, 0.2) is 12.1 Å². The van der Waals surface area contributed by atoms with E-state index in [1.54, 1.807) is 0 Å². The molecule has 0 spiro atoms. The van der Waals surface area contributed by atoms with E-state index in [1.807, 2.05) is 0 Å². The Labute approximate surface area is 106 Å². The Kier molecular flexibility index (Phi) is 4.13. The Bertz CT molecular complexity index is 525. The normalized spacial score (nSPS) is 11.2. The third-order valence-electron chi connectivity index (χ3n) is 2.28. The van der Waals surface area contributed by atoms with E-state index in [-0.39, 0.29) is 12.2 Å². The van der Waals surface area contributed by atoms with Gasteiger partial charge < -0.3 is 4.74 Å². The molecule has 0 fully saturated rings. The van der Waals surface area contributed by atoms with Crippen molar-refractivity contribution in [3.05, 3.63) is 33.4 Å². The number of halogens is 3. The largest absolute Gasteiger partial charge is 0.492 e. The van der Waals surface area contributed by atoms with Crippen LogP contribution in [0.2, 0.25) is 0 Å². The molecule has 0 N–H and O–H groups in total. The SMILES string of the molecule is CCOc1c(C(C)=O)ccc([N+](=O)[O-])c1C(F)(F)F. The van der Waals surface area contributed by atoms with Crippen LogP contribution in [0.4, 0.5) is 18.9 Å². The van der Waals surface area contributed by atoms with Gasteiger partial charge in [0.05, 0.1) is 17.1 Å². The second-order valence-corrected chi connectivity index (χ2v) is 3.58. The van der Waals surface area contributed by atoms with Crippen molar-refractivity contribution in [1.82, 2.24) is 0 Å². The monoisotopic (exact) mass is 277 g/mol. The van der Waals surface area contributed by atoms with Crippen molar-refractivity contribution in [3.63, 3.8) is 0 Å². The number of alkyl halides is 3. The molecule has 1 aromatic rings. The summed E-state index contributed by atoms with van der Waals surface area (Å²) in [6.07, 6.45) is -4.99. The summed E-state index contributed by atoms with van der Waals surface area (Å²) in [5.74, 6) is -1.46. The highest BCUT2D eigenvalue weighted by Crippen LogP contribution is 2.44. The summed E-state index contributed by atoms with van der Waals surface area (Å²) >= 11 is 0. The first kappa shape index (κ1) is 14.9. The minimum atomic E-state index is -4.99. The topological polar surface area (TPSA) is 69.4 Å². The van der Waals surface area contributed by atoms with Crippen LogP contribution in [0, 0.1) is 10.1 Å². The van der Waals surface area contributed by atoms with Crippen molar-refractivity contribution in [2.45, 2.75) is 20.0 Å². The van der Waals surface area contributed by atoms with E-state index in [1.165, 1.54) is 6.92 Å². The third-order valence-corrected chi connectivity index (χ3v) is 2.28. The number of hydrogen-bond donors (Lipinski definition) is 0. The molecule has 1 rings (SSSR count). The van der Waals surface area contributed by atoms with E-state index >= 15 is 0 Å². The summed E-state index contributed by atoms with van der Waals surface area (Å²) in [6.45, 7) is 2.33. The first-order chi connectivity index (χ1) is 8.70. The molecule has 0 heterocycles. The molecule has 104 valence electrons. The van der Waals surface area contributed by atoms with Crippen molar-refractivity contribution in [2.75, 3.05) is 6.61 Å². The van der Waals surface area contributed by atoms with Crippen molar-refractivity contribution in [3.8, 4) is 5.75 Å². The zero-order chi connectivity index (χ0) is 14.8. The van der Waals surface area contributed by atoms with E-state index < -0.39 is 33.9 Å². The highest BCUT2D eigenvalue weighted by molar-refractivity contribution is 5.97. The molecule has 0 aromatic heterocycles. The number of Topliss-reactive ketones (excluding diaryl/α,β-unsaturated/α-hetero) is 1. The Morgan fingerprint density at radius 3 is 2.37 bits per heavy atom. The van der Waals surface area contributed by atoms with Gasteiger partial charge in [-0.2, -0.15) is 13.2 Å². The van der Waals surface area contributed by atoms with Crippen molar-refractivity contribution in [1.29, 1.82) is 0 Å². The highest BCUT2D eigenvalue weighted by atomic mass is 19.4. The number of ketones is 1. The van der Waals surface area contributed by atoms with Crippen molar-refractivity contribution < 1.29 is 27.6 Å². The molecule has 8 heteroatoms. The lowest BCUT2D eigenvalue weighted by atomic mass is 10.0. The number of nitro benzene ring substituents is 1. The van der Waals surface area contributed by atoms with E-state index in [0.29, 0.717) is 6.07 Å². The summed E-state index contributed by atoms with van der Waals surface area (Å²) in [5, 5.41) is 10.7. The van der Waals surface area contributed by atoms with Gasteiger partial charge >= 0.3 is 6.18 Å². The Morgan fingerprint density at radius 2 is 2.00 bits per heavy atom. The number of carbonyl (C=O) groups is 1. The molecule has 0 saturated heterocycles. The van der Waals surface area contributed by atoms with Gasteiger partial charge in [0.25, 0.3) is 5.69 Å². The zero-order valence-corrected chi connectivity index (χ0v) is 10.1. The zero-order valence-electron chi connectivity index (χ0n) is 10.1. The average molecular weight is 277 g/mol. The maximum atomic E-state index is 12.9. The summed E-state index contributed by atoms with van der Waals surface area (Å²) in [5.41, 5.74) is -3.01. The number of nitrogens with zero attached hydrogens (tertiary/aromatic N) is 1. The average Bonchev–Trinajstić information content (AvgIpc) is 2.26. The summed E-state index contributed by atoms with van der Waals surface area (Å²) < 4.78 is 43.6. The van der Waals surface area contributed by atoms with E-state index in [2.05, 4.69) is 0 Å². The fourth-order valence-electron chi connectivity index (χ4n) is 1.57. The van der Waals surface area contributed by atoms with Crippen LogP contribution < -0.4 is 4.74 Å². The maximum absolute atomic E-state index is 12.9. The summed E-state index contributed by atoms with van der Waals surface area (Å²) in [6, 6.07) is 1.61. The molecule has 0 radical (unpaired) electrons. The molecule has 0 unspecified atom stereocenters. The molecule has 0 saturated carbocycles. The smallest absolute Gasteiger partial charge is 0.426 e. The second-order valence-electron chi connectivity index (χ2n) is 3.58. The van der Waals surface area contributed by atoms with Crippen molar-refractivity contribution >= 4 is 11.5 Å². The maximum Gasteiger partial charge on any atom is 0.426 e. The number of nitro groups is 1. The molecule has 0 aliphatic heterocycles.